The predicted octanol–water partition coefficient (Wildman–Crippen LogP) is 1.68. The van der Waals surface area contributed by atoms with E-state index in [1.54, 1.807) is 0 Å². The smallest absolute Gasteiger partial charge is 0.191 e. The lowest BCUT2D eigenvalue weighted by atomic mass is 9.84. The largest absolute Gasteiger partial charge is 0.396 e. The van der Waals surface area contributed by atoms with Gasteiger partial charge in [-0.2, -0.15) is 0 Å². The van der Waals surface area contributed by atoms with Crippen LogP contribution in [0.25, 0.3) is 0 Å². The van der Waals surface area contributed by atoms with E-state index in [-0.39, 0.29) is 36.0 Å². The van der Waals surface area contributed by atoms with Crippen molar-refractivity contribution in [3.8, 4) is 0 Å². The number of aliphatic imine (C=N–C) groups is 1. The van der Waals surface area contributed by atoms with Crippen molar-refractivity contribution in [2.24, 2.45) is 16.3 Å². The molecular formula is C18H37IN4O2. The Hall–Kier alpha value is -0.120. The standard InChI is InChI=1S/C18H36N4O2.HI/c1-3-8-22-9-4-16(5-10-22)13-20-17(19-2)21-14-18(6-11-23)7-12-24-15-18;/h16,23H,3-15H2,1-2H3,(H2,19,20,21);1H. The normalized spacial score (nSPS) is 25.6. The van der Waals surface area contributed by atoms with E-state index in [2.05, 4.69) is 27.4 Å². The fourth-order valence-electron chi connectivity index (χ4n) is 3.77. The molecule has 1 unspecified atom stereocenters. The van der Waals surface area contributed by atoms with Crippen LogP contribution in [0.1, 0.15) is 39.0 Å². The molecule has 2 rings (SSSR count). The Balaban J connectivity index is 0.00000312. The molecule has 6 nitrogen and oxygen atoms in total. The number of nitrogens with zero attached hydrogens (tertiary/aromatic N) is 2. The van der Waals surface area contributed by atoms with Gasteiger partial charge in [-0.15, -0.1) is 24.0 Å². The topological polar surface area (TPSA) is 69.1 Å². The maximum Gasteiger partial charge on any atom is 0.191 e. The van der Waals surface area contributed by atoms with E-state index >= 15 is 0 Å². The van der Waals surface area contributed by atoms with Gasteiger partial charge >= 0.3 is 0 Å². The van der Waals surface area contributed by atoms with Gasteiger partial charge in [0.25, 0.3) is 0 Å². The van der Waals surface area contributed by atoms with Crippen LogP contribution in [0.5, 0.6) is 0 Å². The highest BCUT2D eigenvalue weighted by atomic mass is 127. The van der Waals surface area contributed by atoms with Crippen molar-refractivity contribution in [1.82, 2.24) is 15.5 Å². The second-order valence-electron chi connectivity index (χ2n) is 7.37. The first-order valence-electron chi connectivity index (χ1n) is 9.57. The third-order valence-corrected chi connectivity index (χ3v) is 5.49. The molecule has 0 aromatic rings. The number of nitrogens with one attached hydrogen (secondary N) is 2. The van der Waals surface area contributed by atoms with E-state index < -0.39 is 0 Å². The van der Waals surface area contributed by atoms with Gasteiger partial charge in [0.15, 0.2) is 5.96 Å². The molecule has 7 heteroatoms. The van der Waals surface area contributed by atoms with Crippen LogP contribution in [-0.2, 0) is 4.74 Å². The summed E-state index contributed by atoms with van der Waals surface area (Å²) in [5.74, 6) is 1.60. The Morgan fingerprint density at radius 3 is 2.64 bits per heavy atom. The summed E-state index contributed by atoms with van der Waals surface area (Å²) in [7, 11) is 1.82. The third-order valence-electron chi connectivity index (χ3n) is 5.49. The van der Waals surface area contributed by atoms with E-state index in [0.717, 1.165) is 51.0 Å². The number of guanidine groups is 1. The fraction of sp³-hybridized carbons (Fsp3) is 0.944. The van der Waals surface area contributed by atoms with E-state index in [4.69, 9.17) is 4.74 Å². The summed E-state index contributed by atoms with van der Waals surface area (Å²) in [4.78, 5) is 6.92. The van der Waals surface area contributed by atoms with Crippen LogP contribution in [0.4, 0.5) is 0 Å². The van der Waals surface area contributed by atoms with Gasteiger partial charge in [-0.25, -0.2) is 0 Å². The molecule has 25 heavy (non-hydrogen) atoms. The fourth-order valence-corrected chi connectivity index (χ4v) is 3.77. The van der Waals surface area contributed by atoms with Crippen molar-refractivity contribution in [2.75, 3.05) is 59.6 Å². The molecule has 0 radical (unpaired) electrons. The number of hydrogen-bond donors (Lipinski definition) is 3. The zero-order chi connectivity index (χ0) is 17.3. The summed E-state index contributed by atoms with van der Waals surface area (Å²) in [6, 6.07) is 0. The number of ether oxygens (including phenoxy) is 1. The second-order valence-corrected chi connectivity index (χ2v) is 7.37. The zero-order valence-electron chi connectivity index (χ0n) is 15.9. The molecule has 3 N–H and O–H groups in total. The van der Waals surface area contributed by atoms with Crippen LogP contribution in [0, 0.1) is 11.3 Å². The third kappa shape index (κ3) is 7.56. The second kappa shape index (κ2) is 12.3. The minimum absolute atomic E-state index is 0. The Kier molecular flexibility index (Phi) is 11.3. The first-order chi connectivity index (χ1) is 11.7. The van der Waals surface area contributed by atoms with E-state index in [1.807, 2.05) is 7.05 Å². The lowest BCUT2D eigenvalue weighted by Gasteiger charge is -2.32. The molecule has 148 valence electrons. The molecule has 2 fully saturated rings. The van der Waals surface area contributed by atoms with Gasteiger partial charge in [-0.1, -0.05) is 6.92 Å². The summed E-state index contributed by atoms with van der Waals surface area (Å²) in [6.45, 7) is 9.48. The molecular weight excluding hydrogens is 431 g/mol. The van der Waals surface area contributed by atoms with Crippen LogP contribution in [0.2, 0.25) is 0 Å². The maximum absolute atomic E-state index is 9.31. The zero-order valence-corrected chi connectivity index (χ0v) is 18.3. The number of piperidine rings is 1. The molecule has 2 heterocycles. The van der Waals surface area contributed by atoms with Crippen molar-refractivity contribution in [3.05, 3.63) is 0 Å². The van der Waals surface area contributed by atoms with Crippen LogP contribution in [-0.4, -0.2) is 75.6 Å². The summed E-state index contributed by atoms with van der Waals surface area (Å²) in [5.41, 5.74) is 0.0534. The summed E-state index contributed by atoms with van der Waals surface area (Å²) >= 11 is 0. The van der Waals surface area contributed by atoms with Crippen LogP contribution < -0.4 is 10.6 Å². The molecule has 0 bridgehead atoms. The average Bonchev–Trinajstić information content (AvgIpc) is 3.06. The van der Waals surface area contributed by atoms with E-state index in [1.165, 1.54) is 38.9 Å². The van der Waals surface area contributed by atoms with Crippen LogP contribution in [0.15, 0.2) is 4.99 Å². The number of rotatable bonds is 8. The Labute approximate surface area is 170 Å². The molecule has 2 aliphatic rings. The van der Waals surface area contributed by atoms with Crippen molar-refractivity contribution >= 4 is 29.9 Å². The number of likely N-dealkylation sites (tertiary alicyclic amines) is 1. The van der Waals surface area contributed by atoms with Crippen LogP contribution >= 0.6 is 24.0 Å². The Morgan fingerprint density at radius 1 is 1.32 bits per heavy atom. The molecule has 2 aliphatic heterocycles. The van der Waals surface area contributed by atoms with Crippen molar-refractivity contribution in [1.29, 1.82) is 0 Å². The lowest BCUT2D eigenvalue weighted by molar-refractivity contribution is 0.127. The first-order valence-corrected chi connectivity index (χ1v) is 9.57. The molecule has 0 aliphatic carbocycles. The summed E-state index contributed by atoms with van der Waals surface area (Å²) in [6.07, 6.45) is 5.58. The van der Waals surface area contributed by atoms with Gasteiger partial charge in [0.1, 0.15) is 0 Å². The molecule has 1 atom stereocenters. The minimum atomic E-state index is 0. The number of halogens is 1. The van der Waals surface area contributed by atoms with E-state index in [0.29, 0.717) is 0 Å². The highest BCUT2D eigenvalue weighted by Crippen LogP contribution is 2.31. The van der Waals surface area contributed by atoms with Gasteiger partial charge in [0.2, 0.25) is 0 Å². The summed E-state index contributed by atoms with van der Waals surface area (Å²) < 4.78 is 5.55. The minimum Gasteiger partial charge on any atom is -0.396 e. The maximum atomic E-state index is 9.31. The van der Waals surface area contributed by atoms with Crippen molar-refractivity contribution in [2.45, 2.75) is 39.0 Å². The number of aliphatic hydroxyl groups is 1. The van der Waals surface area contributed by atoms with Crippen LogP contribution in [0.3, 0.4) is 0 Å². The molecule has 2 saturated heterocycles. The molecule has 0 aromatic carbocycles. The molecule has 0 saturated carbocycles. The lowest BCUT2D eigenvalue weighted by Crippen LogP contribution is -2.46. The van der Waals surface area contributed by atoms with Gasteiger partial charge in [-0.3, -0.25) is 4.99 Å². The van der Waals surface area contributed by atoms with Gasteiger partial charge in [0, 0.05) is 38.8 Å². The SMILES string of the molecule is CCCN1CCC(CNC(=NC)NCC2(CCO)CCOC2)CC1.I. The highest BCUT2D eigenvalue weighted by Gasteiger charge is 2.34. The molecule has 0 spiro atoms. The average molecular weight is 468 g/mol. The molecule has 0 aromatic heterocycles. The van der Waals surface area contributed by atoms with Crippen molar-refractivity contribution in [3.63, 3.8) is 0 Å². The molecule has 0 amide bonds. The van der Waals surface area contributed by atoms with Crippen molar-refractivity contribution < 1.29 is 9.84 Å². The number of aliphatic hydroxyl groups excluding tert-OH is 1. The van der Waals surface area contributed by atoms with Gasteiger partial charge in [0.05, 0.1) is 6.61 Å². The summed E-state index contributed by atoms with van der Waals surface area (Å²) in [5, 5.41) is 16.2. The highest BCUT2D eigenvalue weighted by molar-refractivity contribution is 14.0. The quantitative estimate of drug-likeness (QED) is 0.288. The van der Waals surface area contributed by atoms with E-state index in [9.17, 15) is 5.11 Å². The Morgan fingerprint density at radius 2 is 2.08 bits per heavy atom. The monoisotopic (exact) mass is 468 g/mol. The van der Waals surface area contributed by atoms with Gasteiger partial charge < -0.3 is 25.4 Å². The van der Waals surface area contributed by atoms with Gasteiger partial charge in [-0.05, 0) is 57.7 Å². The Bertz CT molecular complexity index is 381. The first kappa shape index (κ1) is 22.9. The predicted molar refractivity (Wildman–Crippen MR) is 114 cm³/mol. The number of hydrogen-bond acceptors (Lipinski definition) is 4.